The van der Waals surface area contributed by atoms with Crippen molar-refractivity contribution >= 4 is 19.8 Å². The average molecular weight is 758 g/mol. The first-order valence-electron chi connectivity index (χ1n) is 21.3. The Morgan fingerprint density at radius 3 is 1.50 bits per heavy atom. The van der Waals surface area contributed by atoms with E-state index >= 15 is 0 Å². The first-order valence-corrected chi connectivity index (χ1v) is 22.8. The zero-order chi connectivity index (χ0) is 38.2. The van der Waals surface area contributed by atoms with Crippen LogP contribution in [0, 0.1) is 0 Å². The molecule has 0 rings (SSSR count). The Balaban J connectivity index is 4.16. The summed E-state index contributed by atoms with van der Waals surface area (Å²) < 4.78 is 32.7. The van der Waals surface area contributed by atoms with E-state index in [0.29, 0.717) is 6.42 Å². The Morgan fingerprint density at radius 2 is 1.00 bits per heavy atom. The van der Waals surface area contributed by atoms with Crippen LogP contribution in [0.1, 0.15) is 200 Å². The van der Waals surface area contributed by atoms with E-state index < -0.39 is 26.5 Å². The fraction of sp³-hybridized carbons (Fsp3) is 0.857. The second-order valence-electron chi connectivity index (χ2n) is 14.2. The SMILES string of the molecule is CCCCC/C=C\C/C=C\CCCCCCCCCC(=O)OC(COC(=O)CCCCCCCCCCCCCCCC)COP(=O)(O)OCCN. The maximum Gasteiger partial charge on any atom is 0.472 e. The minimum Gasteiger partial charge on any atom is -0.462 e. The molecule has 0 saturated heterocycles. The standard InChI is InChI=1S/C42H80NO8P/c1-3-5-7-9-11-13-15-17-19-20-21-23-25-27-29-31-33-35-42(45)51-40(39-50-52(46,47)49-37-36-43)38-48-41(44)34-32-30-28-26-24-22-18-16-14-12-10-8-6-4-2/h11,13,17,19,40H,3-10,12,14-16,18,20-39,43H2,1-2H3,(H,46,47)/b13-11-,19-17-. The average Bonchev–Trinajstić information content (AvgIpc) is 3.13. The van der Waals surface area contributed by atoms with Gasteiger partial charge in [0.05, 0.1) is 13.2 Å². The Kier molecular flexibility index (Phi) is 38.1. The highest BCUT2D eigenvalue weighted by molar-refractivity contribution is 7.47. The third kappa shape index (κ3) is 38.2. The Labute approximate surface area is 319 Å². The van der Waals surface area contributed by atoms with E-state index in [9.17, 15) is 19.0 Å². The molecule has 0 aromatic carbocycles. The number of hydrogen-bond acceptors (Lipinski definition) is 8. The van der Waals surface area contributed by atoms with Gasteiger partial charge in [-0.2, -0.15) is 0 Å². The number of unbranched alkanes of at least 4 members (excludes halogenated alkanes) is 23. The quantitative estimate of drug-likeness (QED) is 0.0271. The predicted octanol–water partition coefficient (Wildman–Crippen LogP) is 12.0. The largest absolute Gasteiger partial charge is 0.472 e. The van der Waals surface area contributed by atoms with Crippen molar-refractivity contribution in [2.24, 2.45) is 5.73 Å². The number of allylic oxidation sites excluding steroid dienone is 4. The lowest BCUT2D eigenvalue weighted by atomic mass is 10.0. The van der Waals surface area contributed by atoms with Gasteiger partial charge in [-0.25, -0.2) is 4.57 Å². The molecule has 0 aromatic rings. The summed E-state index contributed by atoms with van der Waals surface area (Å²) in [4.78, 5) is 34.8. The topological polar surface area (TPSA) is 134 Å². The minimum atomic E-state index is -4.37. The van der Waals surface area contributed by atoms with E-state index in [0.717, 1.165) is 51.4 Å². The first kappa shape index (κ1) is 50.5. The molecule has 0 fully saturated rings. The van der Waals surface area contributed by atoms with Gasteiger partial charge in [0, 0.05) is 19.4 Å². The van der Waals surface area contributed by atoms with Gasteiger partial charge in [-0.15, -0.1) is 0 Å². The van der Waals surface area contributed by atoms with E-state index in [2.05, 4.69) is 38.2 Å². The van der Waals surface area contributed by atoms with Crippen molar-refractivity contribution in [3.63, 3.8) is 0 Å². The van der Waals surface area contributed by atoms with E-state index in [1.165, 1.54) is 116 Å². The van der Waals surface area contributed by atoms with E-state index in [-0.39, 0.29) is 38.6 Å². The summed E-state index contributed by atoms with van der Waals surface area (Å²) in [5.74, 6) is -0.831. The smallest absolute Gasteiger partial charge is 0.462 e. The highest BCUT2D eigenvalue weighted by Gasteiger charge is 2.26. The monoisotopic (exact) mass is 758 g/mol. The summed E-state index contributed by atoms with van der Waals surface area (Å²) in [6.07, 6.45) is 40.6. The summed E-state index contributed by atoms with van der Waals surface area (Å²) in [5, 5.41) is 0. The second kappa shape index (κ2) is 39.2. The molecule has 3 N–H and O–H groups in total. The molecule has 0 heterocycles. The molecular weight excluding hydrogens is 677 g/mol. The molecular formula is C42H80NO8P. The molecule has 2 unspecified atom stereocenters. The van der Waals surface area contributed by atoms with Gasteiger partial charge in [0.1, 0.15) is 6.61 Å². The molecule has 0 saturated carbocycles. The lowest BCUT2D eigenvalue weighted by molar-refractivity contribution is -0.161. The number of rotatable bonds is 40. The summed E-state index contributed by atoms with van der Waals surface area (Å²) in [5.41, 5.74) is 5.34. The lowest BCUT2D eigenvalue weighted by Gasteiger charge is -2.19. The van der Waals surface area contributed by atoms with Crippen molar-refractivity contribution in [2.45, 2.75) is 206 Å². The van der Waals surface area contributed by atoms with Crippen LogP contribution in [0.4, 0.5) is 0 Å². The predicted molar refractivity (Wildman–Crippen MR) is 215 cm³/mol. The fourth-order valence-electron chi connectivity index (χ4n) is 5.90. The number of ether oxygens (including phenoxy) is 2. The summed E-state index contributed by atoms with van der Waals surface area (Å²) >= 11 is 0. The number of phosphoric acid groups is 1. The number of hydrogen-bond donors (Lipinski definition) is 2. The second-order valence-corrected chi connectivity index (χ2v) is 15.7. The van der Waals surface area contributed by atoms with Crippen LogP contribution in [0.2, 0.25) is 0 Å². The molecule has 0 radical (unpaired) electrons. The number of esters is 2. The van der Waals surface area contributed by atoms with Gasteiger partial charge in [-0.05, 0) is 44.9 Å². The van der Waals surface area contributed by atoms with Gasteiger partial charge < -0.3 is 20.1 Å². The van der Waals surface area contributed by atoms with Gasteiger partial charge in [-0.3, -0.25) is 18.6 Å². The van der Waals surface area contributed by atoms with Crippen molar-refractivity contribution < 1.29 is 37.6 Å². The number of carbonyl (C=O) groups is 2. The van der Waals surface area contributed by atoms with Gasteiger partial charge in [0.15, 0.2) is 6.10 Å². The van der Waals surface area contributed by atoms with Gasteiger partial charge >= 0.3 is 19.8 Å². The highest BCUT2D eigenvalue weighted by Crippen LogP contribution is 2.43. The zero-order valence-electron chi connectivity index (χ0n) is 33.6. The number of nitrogens with two attached hydrogens (primary N) is 1. The third-order valence-corrected chi connectivity index (χ3v) is 10.1. The molecule has 2 atom stereocenters. The molecule has 10 heteroatoms. The van der Waals surface area contributed by atoms with Crippen LogP contribution in [0.3, 0.4) is 0 Å². The molecule has 0 aliphatic carbocycles. The van der Waals surface area contributed by atoms with Crippen molar-refractivity contribution in [3.05, 3.63) is 24.3 Å². The van der Waals surface area contributed by atoms with Crippen LogP contribution in [-0.4, -0.2) is 49.3 Å². The van der Waals surface area contributed by atoms with Crippen molar-refractivity contribution in [1.29, 1.82) is 0 Å². The van der Waals surface area contributed by atoms with Gasteiger partial charge in [0.25, 0.3) is 0 Å². The molecule has 0 amide bonds. The van der Waals surface area contributed by atoms with Crippen molar-refractivity contribution in [3.8, 4) is 0 Å². The number of carbonyl (C=O) groups excluding carboxylic acids is 2. The summed E-state index contributed by atoms with van der Waals surface area (Å²) in [6, 6.07) is 0. The highest BCUT2D eigenvalue weighted by atomic mass is 31.2. The van der Waals surface area contributed by atoms with E-state index in [1.807, 2.05) is 0 Å². The van der Waals surface area contributed by atoms with Crippen molar-refractivity contribution in [2.75, 3.05) is 26.4 Å². The normalized spacial score (nSPS) is 13.5. The molecule has 0 spiro atoms. The van der Waals surface area contributed by atoms with Gasteiger partial charge in [0.2, 0.25) is 0 Å². The molecule has 0 aromatic heterocycles. The maximum absolute atomic E-state index is 12.6. The Hall–Kier alpha value is -1.51. The van der Waals surface area contributed by atoms with E-state index in [4.69, 9.17) is 24.3 Å². The van der Waals surface area contributed by atoms with Crippen molar-refractivity contribution in [1.82, 2.24) is 0 Å². The Morgan fingerprint density at radius 1 is 0.577 bits per heavy atom. The molecule has 0 bridgehead atoms. The van der Waals surface area contributed by atoms with E-state index in [1.54, 1.807) is 0 Å². The minimum absolute atomic E-state index is 0.0535. The molecule has 9 nitrogen and oxygen atoms in total. The van der Waals surface area contributed by atoms with Crippen LogP contribution in [0.15, 0.2) is 24.3 Å². The van der Waals surface area contributed by atoms with Crippen LogP contribution in [0.5, 0.6) is 0 Å². The fourth-order valence-corrected chi connectivity index (χ4v) is 6.67. The van der Waals surface area contributed by atoms with Crippen LogP contribution in [0.25, 0.3) is 0 Å². The molecule has 0 aliphatic heterocycles. The molecule has 306 valence electrons. The first-order chi connectivity index (χ1) is 25.3. The van der Waals surface area contributed by atoms with Crippen LogP contribution < -0.4 is 5.73 Å². The molecule has 52 heavy (non-hydrogen) atoms. The summed E-state index contributed by atoms with van der Waals surface area (Å²) in [7, 11) is -4.37. The number of phosphoric ester groups is 1. The maximum atomic E-state index is 12.6. The zero-order valence-corrected chi connectivity index (χ0v) is 34.4. The Bertz CT molecular complexity index is 912. The third-order valence-electron chi connectivity index (χ3n) is 9.09. The molecule has 0 aliphatic rings. The lowest BCUT2D eigenvalue weighted by Crippen LogP contribution is -2.29. The van der Waals surface area contributed by atoms with Gasteiger partial charge in [-0.1, -0.05) is 167 Å². The van der Waals surface area contributed by atoms with Crippen LogP contribution in [-0.2, 0) is 32.7 Å². The summed E-state index contributed by atoms with van der Waals surface area (Å²) in [6.45, 7) is 3.71. The van der Waals surface area contributed by atoms with Crippen LogP contribution >= 0.6 is 7.82 Å².